The number of nitrogens with zero attached hydrogens (tertiary/aromatic N) is 2. The number of rotatable bonds is 8. The van der Waals surface area contributed by atoms with Crippen LogP contribution in [0.15, 0.2) is 30.3 Å². The van der Waals surface area contributed by atoms with Crippen LogP contribution in [-0.2, 0) is 29.8 Å². The van der Waals surface area contributed by atoms with E-state index in [1.54, 1.807) is 23.6 Å². The van der Waals surface area contributed by atoms with Gasteiger partial charge in [0, 0.05) is 26.2 Å². The van der Waals surface area contributed by atoms with Crippen LogP contribution in [0.2, 0.25) is 0 Å². The first-order valence-electron chi connectivity index (χ1n) is 9.09. The van der Waals surface area contributed by atoms with Gasteiger partial charge in [-0.25, -0.2) is 4.79 Å². The van der Waals surface area contributed by atoms with Gasteiger partial charge in [0.05, 0.1) is 13.2 Å². The summed E-state index contributed by atoms with van der Waals surface area (Å²) in [5.41, 5.74) is 0.919. The second-order valence-corrected chi connectivity index (χ2v) is 8.07. The van der Waals surface area contributed by atoms with Gasteiger partial charge in [-0.1, -0.05) is 30.3 Å². The Morgan fingerprint density at radius 1 is 0.963 bits per heavy atom. The van der Waals surface area contributed by atoms with E-state index in [0.29, 0.717) is 26.2 Å². The maximum absolute atomic E-state index is 12.5. The fourth-order valence-corrected chi connectivity index (χ4v) is 4.31. The fourth-order valence-electron chi connectivity index (χ4n) is 2.74. The molecule has 1 heterocycles. The highest BCUT2D eigenvalue weighted by atomic mass is 31.2. The molecule has 0 bridgehead atoms. The van der Waals surface area contributed by atoms with Crippen molar-refractivity contribution < 1.29 is 27.9 Å². The highest BCUT2D eigenvalue weighted by Gasteiger charge is 2.32. The molecule has 0 N–H and O–H groups in total. The maximum atomic E-state index is 12.5. The average molecular weight is 398 g/mol. The Balaban J connectivity index is 1.79. The standard InChI is InChI=1S/C18H27N2O6P/c1-3-25-27(23,26-4-2)15-17(21)19-10-12-20(13-11-19)18(22)24-14-16-8-6-5-7-9-16/h5-9H,3-4,10-15H2,1-2H3. The third-order valence-electron chi connectivity index (χ3n) is 4.08. The van der Waals surface area contributed by atoms with Crippen LogP contribution in [-0.4, -0.2) is 67.4 Å². The predicted octanol–water partition coefficient (Wildman–Crippen LogP) is 2.73. The SMILES string of the molecule is CCOP(=O)(CC(=O)N1CCN(C(=O)OCc2ccccc2)CC1)OCC. The molecule has 27 heavy (non-hydrogen) atoms. The van der Waals surface area contributed by atoms with Crippen molar-refractivity contribution in [1.82, 2.24) is 9.80 Å². The lowest BCUT2D eigenvalue weighted by molar-refractivity contribution is -0.130. The van der Waals surface area contributed by atoms with Gasteiger partial charge in [-0.2, -0.15) is 0 Å². The minimum Gasteiger partial charge on any atom is -0.445 e. The Bertz CT molecular complexity index is 651. The van der Waals surface area contributed by atoms with Crippen molar-refractivity contribution in [2.75, 3.05) is 45.6 Å². The van der Waals surface area contributed by atoms with E-state index in [9.17, 15) is 14.2 Å². The third-order valence-corrected chi connectivity index (χ3v) is 6.04. The summed E-state index contributed by atoms with van der Waals surface area (Å²) >= 11 is 0. The Hall–Kier alpha value is -1.89. The number of carbonyl (C=O) groups is 2. The minimum atomic E-state index is -3.42. The molecule has 0 atom stereocenters. The van der Waals surface area contributed by atoms with E-state index in [1.165, 1.54) is 0 Å². The van der Waals surface area contributed by atoms with Crippen LogP contribution in [0, 0.1) is 0 Å². The van der Waals surface area contributed by atoms with Crippen molar-refractivity contribution in [1.29, 1.82) is 0 Å². The highest BCUT2D eigenvalue weighted by Crippen LogP contribution is 2.47. The Morgan fingerprint density at radius 3 is 2.07 bits per heavy atom. The summed E-state index contributed by atoms with van der Waals surface area (Å²) in [4.78, 5) is 27.7. The number of piperazine rings is 1. The molecule has 2 rings (SSSR count). The molecule has 9 heteroatoms. The fraction of sp³-hybridized carbons (Fsp3) is 0.556. The molecular formula is C18H27N2O6P. The number of ether oxygens (including phenoxy) is 1. The smallest absolute Gasteiger partial charge is 0.410 e. The molecule has 1 fully saturated rings. The summed E-state index contributed by atoms with van der Waals surface area (Å²) in [7, 11) is -3.42. The van der Waals surface area contributed by atoms with Gasteiger partial charge in [-0.05, 0) is 19.4 Å². The van der Waals surface area contributed by atoms with Crippen LogP contribution in [0.25, 0.3) is 0 Å². The van der Waals surface area contributed by atoms with E-state index < -0.39 is 13.7 Å². The number of benzene rings is 1. The second kappa shape index (κ2) is 10.4. The van der Waals surface area contributed by atoms with Crippen LogP contribution in [0.1, 0.15) is 19.4 Å². The molecule has 1 aliphatic rings. The zero-order chi connectivity index (χ0) is 19.7. The van der Waals surface area contributed by atoms with Crippen molar-refractivity contribution in [3.8, 4) is 0 Å². The summed E-state index contributed by atoms with van der Waals surface area (Å²) in [5, 5.41) is 0. The van der Waals surface area contributed by atoms with E-state index in [4.69, 9.17) is 13.8 Å². The lowest BCUT2D eigenvalue weighted by atomic mass is 10.2. The van der Waals surface area contributed by atoms with E-state index in [2.05, 4.69) is 0 Å². The lowest BCUT2D eigenvalue weighted by Crippen LogP contribution is -2.51. The molecule has 1 aromatic rings. The van der Waals surface area contributed by atoms with Crippen molar-refractivity contribution in [2.45, 2.75) is 20.5 Å². The Morgan fingerprint density at radius 2 is 1.52 bits per heavy atom. The van der Waals surface area contributed by atoms with Gasteiger partial charge in [-0.15, -0.1) is 0 Å². The van der Waals surface area contributed by atoms with Gasteiger partial charge >= 0.3 is 13.7 Å². The topological polar surface area (TPSA) is 85.4 Å². The number of hydrogen-bond acceptors (Lipinski definition) is 6. The number of carbonyl (C=O) groups excluding carboxylic acids is 2. The molecule has 8 nitrogen and oxygen atoms in total. The molecule has 2 amide bonds. The van der Waals surface area contributed by atoms with Gasteiger partial charge in [-0.3, -0.25) is 9.36 Å². The van der Waals surface area contributed by atoms with E-state index in [0.717, 1.165) is 5.56 Å². The van der Waals surface area contributed by atoms with Gasteiger partial charge in [0.2, 0.25) is 5.91 Å². The summed E-state index contributed by atoms with van der Waals surface area (Å²) in [6.45, 7) is 5.50. The minimum absolute atomic E-state index is 0.213. The predicted molar refractivity (Wildman–Crippen MR) is 101 cm³/mol. The number of hydrogen-bond donors (Lipinski definition) is 0. The second-order valence-electron chi connectivity index (χ2n) is 6.01. The highest BCUT2D eigenvalue weighted by molar-refractivity contribution is 7.54. The Kier molecular flexibility index (Phi) is 8.28. The summed E-state index contributed by atoms with van der Waals surface area (Å²) < 4.78 is 28.1. The molecule has 0 radical (unpaired) electrons. The molecule has 150 valence electrons. The summed E-state index contributed by atoms with van der Waals surface area (Å²) in [6.07, 6.45) is -0.687. The molecular weight excluding hydrogens is 371 g/mol. The van der Waals surface area contributed by atoms with E-state index in [-0.39, 0.29) is 31.9 Å². The quantitative estimate of drug-likeness (QED) is 0.626. The van der Waals surface area contributed by atoms with E-state index >= 15 is 0 Å². The average Bonchev–Trinajstić information content (AvgIpc) is 2.67. The van der Waals surface area contributed by atoms with Gasteiger partial charge in [0.15, 0.2) is 0 Å². The summed E-state index contributed by atoms with van der Waals surface area (Å²) in [6, 6.07) is 9.45. The van der Waals surface area contributed by atoms with Crippen molar-refractivity contribution >= 4 is 19.6 Å². The van der Waals surface area contributed by atoms with E-state index in [1.807, 2.05) is 30.3 Å². The van der Waals surface area contributed by atoms with Crippen molar-refractivity contribution in [3.63, 3.8) is 0 Å². The van der Waals surface area contributed by atoms with Crippen molar-refractivity contribution in [3.05, 3.63) is 35.9 Å². The van der Waals surface area contributed by atoms with Crippen LogP contribution in [0.3, 0.4) is 0 Å². The molecule has 1 saturated heterocycles. The zero-order valence-electron chi connectivity index (χ0n) is 15.8. The van der Waals surface area contributed by atoms with Crippen LogP contribution >= 0.6 is 7.60 Å². The molecule has 0 spiro atoms. The molecule has 1 aliphatic heterocycles. The third kappa shape index (κ3) is 6.65. The Labute approximate surface area is 159 Å². The number of amides is 2. The van der Waals surface area contributed by atoms with Crippen LogP contribution in [0.4, 0.5) is 4.79 Å². The molecule has 0 saturated carbocycles. The van der Waals surface area contributed by atoms with Crippen molar-refractivity contribution in [2.24, 2.45) is 0 Å². The monoisotopic (exact) mass is 398 g/mol. The lowest BCUT2D eigenvalue weighted by Gasteiger charge is -2.34. The van der Waals surface area contributed by atoms with Crippen LogP contribution < -0.4 is 0 Å². The molecule has 1 aromatic carbocycles. The zero-order valence-corrected chi connectivity index (χ0v) is 16.7. The van der Waals surface area contributed by atoms with Gasteiger partial charge in [0.25, 0.3) is 0 Å². The molecule has 0 aromatic heterocycles. The van der Waals surface area contributed by atoms with Gasteiger partial charge in [0.1, 0.15) is 12.8 Å². The normalized spacial score (nSPS) is 14.9. The maximum Gasteiger partial charge on any atom is 0.410 e. The first-order valence-corrected chi connectivity index (χ1v) is 10.8. The first kappa shape index (κ1) is 21.4. The van der Waals surface area contributed by atoms with Crippen LogP contribution in [0.5, 0.6) is 0 Å². The van der Waals surface area contributed by atoms with Gasteiger partial charge < -0.3 is 23.6 Å². The summed E-state index contributed by atoms with van der Waals surface area (Å²) in [5.74, 6) is -0.294. The first-order chi connectivity index (χ1) is 13.0. The molecule has 0 aliphatic carbocycles. The molecule has 0 unspecified atom stereocenters. The largest absolute Gasteiger partial charge is 0.445 e.